The van der Waals surface area contributed by atoms with Gasteiger partial charge in [0.05, 0.1) is 6.10 Å². The van der Waals surface area contributed by atoms with E-state index in [-0.39, 0.29) is 6.10 Å². The third kappa shape index (κ3) is 1.34. The molecule has 0 aromatic heterocycles. The first-order chi connectivity index (χ1) is 5.38. The summed E-state index contributed by atoms with van der Waals surface area (Å²) in [5, 5.41) is 9.42. The van der Waals surface area contributed by atoms with E-state index >= 15 is 0 Å². The second kappa shape index (κ2) is 2.98. The normalized spacial score (nSPS) is 37.7. The molecule has 1 fully saturated rings. The minimum Gasteiger partial charge on any atom is -0.393 e. The predicted octanol–water partition coefficient (Wildman–Crippen LogP) is 2.26. The van der Waals surface area contributed by atoms with Crippen molar-refractivity contribution in [2.75, 3.05) is 0 Å². The molecule has 1 heteroatoms. The van der Waals surface area contributed by atoms with E-state index in [1.54, 1.807) is 5.57 Å². The van der Waals surface area contributed by atoms with Crippen molar-refractivity contribution in [2.45, 2.75) is 44.6 Å². The maximum atomic E-state index is 9.42. The summed E-state index contributed by atoms with van der Waals surface area (Å²) in [5.74, 6) is 0.551. The van der Waals surface area contributed by atoms with Crippen molar-refractivity contribution >= 4 is 0 Å². The molecule has 1 nitrogen and oxygen atoms in total. The van der Waals surface area contributed by atoms with Crippen molar-refractivity contribution in [3.8, 4) is 0 Å². The van der Waals surface area contributed by atoms with E-state index in [0.717, 1.165) is 6.42 Å². The molecule has 0 unspecified atom stereocenters. The minimum atomic E-state index is -0.000602. The molecule has 0 aromatic rings. The molecule has 0 aliphatic heterocycles. The van der Waals surface area contributed by atoms with E-state index < -0.39 is 0 Å². The molecule has 62 valence electrons. The smallest absolute Gasteiger partial charge is 0.0605 e. The maximum Gasteiger partial charge on any atom is 0.0605 e. The van der Waals surface area contributed by atoms with E-state index in [1.165, 1.54) is 32.1 Å². The van der Waals surface area contributed by atoms with E-state index in [9.17, 15) is 5.11 Å². The zero-order chi connectivity index (χ0) is 7.68. The van der Waals surface area contributed by atoms with Gasteiger partial charge in [-0.15, -0.1) is 0 Å². The standard InChI is InChI=1S/C10H16O/c11-10-7-6-9(10)8-4-2-1-3-5-8/h4,9-11H,1-3,5-7H2/t9-,10+/m1/s1. The van der Waals surface area contributed by atoms with Gasteiger partial charge < -0.3 is 5.11 Å². The molecule has 2 rings (SSSR count). The van der Waals surface area contributed by atoms with Crippen LogP contribution in [0.1, 0.15) is 38.5 Å². The summed E-state index contributed by atoms with van der Waals surface area (Å²) in [7, 11) is 0. The number of aliphatic hydroxyl groups is 1. The molecule has 0 bridgehead atoms. The molecular weight excluding hydrogens is 136 g/mol. The van der Waals surface area contributed by atoms with Gasteiger partial charge in [-0.1, -0.05) is 11.6 Å². The van der Waals surface area contributed by atoms with Gasteiger partial charge in [0, 0.05) is 5.92 Å². The first-order valence-electron chi connectivity index (χ1n) is 4.75. The lowest BCUT2D eigenvalue weighted by Crippen LogP contribution is -2.32. The fourth-order valence-electron chi connectivity index (χ4n) is 2.11. The van der Waals surface area contributed by atoms with Gasteiger partial charge in [0.2, 0.25) is 0 Å². The van der Waals surface area contributed by atoms with E-state index in [1.807, 2.05) is 0 Å². The molecule has 0 amide bonds. The average molecular weight is 152 g/mol. The molecule has 1 N–H and O–H groups in total. The van der Waals surface area contributed by atoms with Crippen LogP contribution in [-0.2, 0) is 0 Å². The largest absolute Gasteiger partial charge is 0.393 e. The van der Waals surface area contributed by atoms with Crippen molar-refractivity contribution in [3.05, 3.63) is 11.6 Å². The van der Waals surface area contributed by atoms with Crippen LogP contribution in [0.4, 0.5) is 0 Å². The van der Waals surface area contributed by atoms with Crippen LogP contribution < -0.4 is 0 Å². The number of hydrogen-bond donors (Lipinski definition) is 1. The van der Waals surface area contributed by atoms with Gasteiger partial charge >= 0.3 is 0 Å². The van der Waals surface area contributed by atoms with Gasteiger partial charge in [0.25, 0.3) is 0 Å². The van der Waals surface area contributed by atoms with Crippen LogP contribution in [0.5, 0.6) is 0 Å². The summed E-state index contributed by atoms with van der Waals surface area (Å²) in [6.07, 6.45) is 9.81. The van der Waals surface area contributed by atoms with Gasteiger partial charge in [-0.25, -0.2) is 0 Å². The molecule has 0 spiro atoms. The lowest BCUT2D eigenvalue weighted by Gasteiger charge is -2.35. The second-order valence-corrected chi connectivity index (χ2v) is 3.78. The topological polar surface area (TPSA) is 20.2 Å². The highest BCUT2D eigenvalue weighted by atomic mass is 16.3. The Kier molecular flexibility index (Phi) is 1.99. The Hall–Kier alpha value is -0.300. The van der Waals surface area contributed by atoms with E-state index in [2.05, 4.69) is 6.08 Å². The monoisotopic (exact) mass is 152 g/mol. The zero-order valence-corrected chi connectivity index (χ0v) is 6.92. The maximum absolute atomic E-state index is 9.42. The van der Waals surface area contributed by atoms with Gasteiger partial charge in [0.15, 0.2) is 0 Å². The number of aliphatic hydroxyl groups excluding tert-OH is 1. The van der Waals surface area contributed by atoms with Gasteiger partial charge in [-0.05, 0) is 38.5 Å². The van der Waals surface area contributed by atoms with Crippen LogP contribution in [0.25, 0.3) is 0 Å². The van der Waals surface area contributed by atoms with E-state index in [0.29, 0.717) is 5.92 Å². The highest BCUT2D eigenvalue weighted by Crippen LogP contribution is 2.37. The molecule has 11 heavy (non-hydrogen) atoms. The lowest BCUT2D eigenvalue weighted by atomic mass is 9.74. The summed E-state index contributed by atoms with van der Waals surface area (Å²) < 4.78 is 0. The Bertz CT molecular complexity index is 172. The highest BCUT2D eigenvalue weighted by Gasteiger charge is 2.31. The van der Waals surface area contributed by atoms with Crippen molar-refractivity contribution in [1.82, 2.24) is 0 Å². The van der Waals surface area contributed by atoms with Crippen molar-refractivity contribution in [3.63, 3.8) is 0 Å². The summed E-state index contributed by atoms with van der Waals surface area (Å²) in [6, 6.07) is 0. The van der Waals surface area contributed by atoms with Crippen LogP contribution in [0.2, 0.25) is 0 Å². The first-order valence-corrected chi connectivity index (χ1v) is 4.75. The Morgan fingerprint density at radius 3 is 2.64 bits per heavy atom. The number of hydrogen-bond acceptors (Lipinski definition) is 1. The third-order valence-corrected chi connectivity index (χ3v) is 3.04. The third-order valence-electron chi connectivity index (χ3n) is 3.04. The van der Waals surface area contributed by atoms with Crippen molar-refractivity contribution in [1.29, 1.82) is 0 Å². The molecule has 0 radical (unpaired) electrons. The van der Waals surface area contributed by atoms with Gasteiger partial charge in [-0.3, -0.25) is 0 Å². The minimum absolute atomic E-state index is 0.000602. The fourth-order valence-corrected chi connectivity index (χ4v) is 2.11. The molecular formula is C10H16O. The summed E-state index contributed by atoms with van der Waals surface area (Å²) in [6.45, 7) is 0. The fraction of sp³-hybridized carbons (Fsp3) is 0.800. The molecule has 0 saturated heterocycles. The SMILES string of the molecule is O[C@H]1CC[C@@H]1C1=CCCCC1. The molecule has 2 atom stereocenters. The van der Waals surface area contributed by atoms with Crippen LogP contribution in [0.3, 0.4) is 0 Å². The van der Waals surface area contributed by atoms with Crippen molar-refractivity contribution in [2.24, 2.45) is 5.92 Å². The molecule has 0 aromatic carbocycles. The summed E-state index contributed by atoms with van der Waals surface area (Å²) >= 11 is 0. The molecule has 1 saturated carbocycles. The Balaban J connectivity index is 1.97. The van der Waals surface area contributed by atoms with Crippen LogP contribution in [0.15, 0.2) is 11.6 Å². The quantitative estimate of drug-likeness (QED) is 0.571. The number of rotatable bonds is 1. The van der Waals surface area contributed by atoms with Crippen LogP contribution in [-0.4, -0.2) is 11.2 Å². The lowest BCUT2D eigenvalue weighted by molar-refractivity contribution is 0.0414. The Morgan fingerprint density at radius 2 is 2.18 bits per heavy atom. The first kappa shape index (κ1) is 7.35. The highest BCUT2D eigenvalue weighted by molar-refractivity contribution is 5.14. The average Bonchev–Trinajstić information content (AvgIpc) is 2.04. The Labute approximate surface area is 68.1 Å². The second-order valence-electron chi connectivity index (χ2n) is 3.78. The molecule has 2 aliphatic rings. The van der Waals surface area contributed by atoms with Crippen molar-refractivity contribution < 1.29 is 5.11 Å². The van der Waals surface area contributed by atoms with Crippen LogP contribution >= 0.6 is 0 Å². The van der Waals surface area contributed by atoms with Crippen LogP contribution in [0, 0.1) is 5.92 Å². The molecule has 2 aliphatic carbocycles. The predicted molar refractivity (Wildman–Crippen MR) is 45.3 cm³/mol. The summed E-state index contributed by atoms with van der Waals surface area (Å²) in [5.41, 5.74) is 1.55. The Morgan fingerprint density at radius 1 is 1.27 bits per heavy atom. The molecule has 0 heterocycles. The zero-order valence-electron chi connectivity index (χ0n) is 6.92. The number of allylic oxidation sites excluding steroid dienone is 1. The van der Waals surface area contributed by atoms with E-state index in [4.69, 9.17) is 0 Å². The summed E-state index contributed by atoms with van der Waals surface area (Å²) in [4.78, 5) is 0. The van der Waals surface area contributed by atoms with Gasteiger partial charge in [-0.2, -0.15) is 0 Å². The van der Waals surface area contributed by atoms with Gasteiger partial charge in [0.1, 0.15) is 0 Å².